The molecule has 1 saturated heterocycles. The second-order valence-electron chi connectivity index (χ2n) is 5.74. The predicted molar refractivity (Wildman–Crippen MR) is 92.2 cm³/mol. The zero-order valence-corrected chi connectivity index (χ0v) is 13.6. The molecule has 3 rings (SSSR count). The van der Waals surface area contributed by atoms with E-state index in [-0.39, 0.29) is 11.7 Å². The fraction of sp³-hybridized carbons (Fsp3) is 0.375. The summed E-state index contributed by atoms with van der Waals surface area (Å²) in [5.41, 5.74) is 6.96. The third-order valence-corrected chi connectivity index (χ3v) is 4.00. The van der Waals surface area contributed by atoms with Crippen molar-refractivity contribution in [2.45, 2.75) is 26.2 Å². The SMILES string of the molecule is CCC(=N)/C=C(\N)NC(=O)c1cnn2ccc(N3CCCC3)nc12. The molecule has 4 N–H and O–H groups in total. The maximum Gasteiger partial charge on any atom is 0.262 e. The Kier molecular flexibility index (Phi) is 4.45. The summed E-state index contributed by atoms with van der Waals surface area (Å²) in [5, 5.41) is 14.3. The van der Waals surface area contributed by atoms with Crippen LogP contribution in [0.1, 0.15) is 36.5 Å². The first-order valence-corrected chi connectivity index (χ1v) is 8.03. The lowest BCUT2D eigenvalue weighted by atomic mass is 10.2. The summed E-state index contributed by atoms with van der Waals surface area (Å²) in [5.74, 6) is 0.612. The molecule has 2 aromatic rings. The number of fused-ring (bicyclic) bond motifs is 1. The summed E-state index contributed by atoms with van der Waals surface area (Å²) in [4.78, 5) is 19.2. The van der Waals surface area contributed by atoms with Gasteiger partial charge in [-0.25, -0.2) is 9.50 Å². The molecule has 1 amide bonds. The van der Waals surface area contributed by atoms with Crippen LogP contribution in [0.5, 0.6) is 0 Å². The summed E-state index contributed by atoms with van der Waals surface area (Å²) in [6.07, 6.45) is 7.58. The average molecular weight is 327 g/mol. The van der Waals surface area contributed by atoms with Crippen LogP contribution in [0.2, 0.25) is 0 Å². The quantitative estimate of drug-likeness (QED) is 0.716. The van der Waals surface area contributed by atoms with Gasteiger partial charge in [-0.05, 0) is 31.4 Å². The number of nitrogens with one attached hydrogen (secondary N) is 2. The van der Waals surface area contributed by atoms with Gasteiger partial charge in [0.1, 0.15) is 17.2 Å². The lowest BCUT2D eigenvalue weighted by molar-refractivity contribution is 0.0967. The van der Waals surface area contributed by atoms with E-state index in [4.69, 9.17) is 11.1 Å². The maximum absolute atomic E-state index is 12.4. The van der Waals surface area contributed by atoms with Crippen LogP contribution in [0.4, 0.5) is 5.82 Å². The number of amides is 1. The predicted octanol–water partition coefficient (Wildman–Crippen LogP) is 1.29. The van der Waals surface area contributed by atoms with Gasteiger partial charge in [-0.1, -0.05) is 6.92 Å². The van der Waals surface area contributed by atoms with Gasteiger partial charge in [-0.2, -0.15) is 5.10 Å². The average Bonchev–Trinajstić information content (AvgIpc) is 3.23. The van der Waals surface area contributed by atoms with Gasteiger partial charge in [0, 0.05) is 25.0 Å². The standard InChI is InChI=1S/C16H21N7O/c1-2-11(17)9-13(18)20-16(24)12-10-19-23-8-5-14(21-15(12)23)22-6-3-4-7-22/h5,8-10,17H,2-4,6-7,18H2,1H3,(H,20,24)/b13-9+,17-11?. The van der Waals surface area contributed by atoms with E-state index in [1.165, 1.54) is 12.3 Å². The minimum absolute atomic E-state index is 0.141. The minimum atomic E-state index is -0.381. The van der Waals surface area contributed by atoms with Crippen molar-refractivity contribution >= 4 is 23.1 Å². The highest BCUT2D eigenvalue weighted by atomic mass is 16.1. The van der Waals surface area contributed by atoms with E-state index in [0.717, 1.165) is 31.7 Å². The van der Waals surface area contributed by atoms with E-state index >= 15 is 0 Å². The van der Waals surface area contributed by atoms with Gasteiger partial charge in [0.05, 0.1) is 6.20 Å². The first-order chi connectivity index (χ1) is 11.6. The molecule has 0 unspecified atom stereocenters. The van der Waals surface area contributed by atoms with Crippen molar-refractivity contribution in [3.8, 4) is 0 Å². The molecule has 0 bridgehead atoms. The summed E-state index contributed by atoms with van der Waals surface area (Å²) >= 11 is 0. The van der Waals surface area contributed by atoms with Crippen LogP contribution in [0.3, 0.4) is 0 Å². The summed E-state index contributed by atoms with van der Waals surface area (Å²) in [6.45, 7) is 3.81. The molecule has 24 heavy (non-hydrogen) atoms. The lowest BCUT2D eigenvalue weighted by Crippen LogP contribution is -2.28. The molecule has 0 aromatic carbocycles. The normalized spacial score (nSPS) is 15.0. The zero-order valence-electron chi connectivity index (χ0n) is 13.6. The topological polar surface area (TPSA) is 112 Å². The Bertz CT molecular complexity index is 802. The molecular formula is C16H21N7O. The van der Waals surface area contributed by atoms with Gasteiger partial charge >= 0.3 is 0 Å². The number of nitrogens with two attached hydrogens (primary N) is 1. The number of anilines is 1. The van der Waals surface area contributed by atoms with Gasteiger partial charge in [0.15, 0.2) is 5.65 Å². The van der Waals surface area contributed by atoms with Crippen LogP contribution in [0.25, 0.3) is 5.65 Å². The number of hydrogen-bond acceptors (Lipinski definition) is 6. The van der Waals surface area contributed by atoms with Crippen molar-refractivity contribution in [3.63, 3.8) is 0 Å². The highest BCUT2D eigenvalue weighted by Gasteiger charge is 2.18. The third-order valence-electron chi connectivity index (χ3n) is 4.00. The Morgan fingerprint density at radius 2 is 2.21 bits per heavy atom. The van der Waals surface area contributed by atoms with Crippen molar-refractivity contribution in [1.82, 2.24) is 19.9 Å². The zero-order chi connectivity index (χ0) is 17.1. The van der Waals surface area contributed by atoms with Crippen LogP contribution in [0, 0.1) is 5.41 Å². The minimum Gasteiger partial charge on any atom is -0.385 e. The molecule has 1 aliphatic rings. The fourth-order valence-corrected chi connectivity index (χ4v) is 2.67. The molecular weight excluding hydrogens is 306 g/mol. The highest BCUT2D eigenvalue weighted by molar-refractivity contribution is 6.01. The number of carbonyl (C=O) groups is 1. The van der Waals surface area contributed by atoms with Crippen LogP contribution in [-0.2, 0) is 0 Å². The molecule has 8 heteroatoms. The van der Waals surface area contributed by atoms with E-state index in [0.29, 0.717) is 23.3 Å². The number of rotatable bonds is 5. The highest BCUT2D eigenvalue weighted by Crippen LogP contribution is 2.19. The molecule has 0 aliphatic carbocycles. The lowest BCUT2D eigenvalue weighted by Gasteiger charge is -2.16. The summed E-state index contributed by atoms with van der Waals surface area (Å²) < 4.78 is 1.57. The van der Waals surface area contributed by atoms with Gasteiger partial charge in [0.2, 0.25) is 0 Å². The second-order valence-corrected chi connectivity index (χ2v) is 5.74. The van der Waals surface area contributed by atoms with Gasteiger partial charge in [0.25, 0.3) is 5.91 Å². The monoisotopic (exact) mass is 327 g/mol. The van der Waals surface area contributed by atoms with Crippen LogP contribution in [0.15, 0.2) is 30.4 Å². The van der Waals surface area contributed by atoms with Crippen molar-refractivity contribution in [2.24, 2.45) is 5.73 Å². The van der Waals surface area contributed by atoms with E-state index in [1.54, 1.807) is 10.7 Å². The van der Waals surface area contributed by atoms with Crippen molar-refractivity contribution in [2.75, 3.05) is 18.0 Å². The first kappa shape index (κ1) is 16.0. The first-order valence-electron chi connectivity index (χ1n) is 8.03. The number of hydrogen-bond donors (Lipinski definition) is 3. The Labute approximate surface area is 139 Å². The Morgan fingerprint density at radius 1 is 1.46 bits per heavy atom. The van der Waals surface area contributed by atoms with E-state index in [9.17, 15) is 4.79 Å². The Morgan fingerprint density at radius 3 is 2.92 bits per heavy atom. The molecule has 0 saturated carbocycles. The molecule has 1 fully saturated rings. The molecule has 8 nitrogen and oxygen atoms in total. The number of carbonyl (C=O) groups excluding carboxylic acids is 1. The Hall–Kier alpha value is -2.90. The van der Waals surface area contributed by atoms with E-state index in [1.807, 2.05) is 13.0 Å². The van der Waals surface area contributed by atoms with Gasteiger partial charge in [-0.3, -0.25) is 4.79 Å². The van der Waals surface area contributed by atoms with E-state index in [2.05, 4.69) is 20.3 Å². The molecule has 1 aliphatic heterocycles. The fourth-order valence-electron chi connectivity index (χ4n) is 2.67. The second kappa shape index (κ2) is 6.69. The van der Waals surface area contributed by atoms with Crippen LogP contribution in [-0.4, -0.2) is 39.3 Å². The summed E-state index contributed by atoms with van der Waals surface area (Å²) in [6, 6.07) is 1.91. The molecule has 126 valence electrons. The third kappa shape index (κ3) is 3.22. The number of allylic oxidation sites excluding steroid dienone is 1. The Balaban J connectivity index is 1.85. The van der Waals surface area contributed by atoms with Gasteiger partial charge < -0.3 is 21.4 Å². The van der Waals surface area contributed by atoms with Crippen LogP contribution < -0.4 is 16.0 Å². The molecule has 0 atom stereocenters. The number of aromatic nitrogens is 3. The maximum atomic E-state index is 12.4. The molecule has 3 heterocycles. The van der Waals surface area contributed by atoms with Gasteiger partial charge in [-0.15, -0.1) is 0 Å². The smallest absolute Gasteiger partial charge is 0.262 e. The van der Waals surface area contributed by atoms with Crippen molar-refractivity contribution in [1.29, 1.82) is 5.41 Å². The van der Waals surface area contributed by atoms with Crippen molar-refractivity contribution < 1.29 is 4.79 Å². The largest absolute Gasteiger partial charge is 0.385 e. The van der Waals surface area contributed by atoms with Crippen LogP contribution >= 0.6 is 0 Å². The number of nitrogens with zero attached hydrogens (tertiary/aromatic N) is 4. The molecule has 0 radical (unpaired) electrons. The molecule has 2 aromatic heterocycles. The molecule has 0 spiro atoms. The van der Waals surface area contributed by atoms with E-state index < -0.39 is 0 Å². The summed E-state index contributed by atoms with van der Waals surface area (Å²) in [7, 11) is 0. The van der Waals surface area contributed by atoms with Crippen molar-refractivity contribution in [3.05, 3.63) is 35.9 Å².